The van der Waals surface area contributed by atoms with Gasteiger partial charge in [-0.1, -0.05) is 5.16 Å². The van der Waals surface area contributed by atoms with E-state index in [0.717, 1.165) is 0 Å². The maximum absolute atomic E-state index is 12.2. The molecule has 0 aliphatic carbocycles. The second-order valence-electron chi connectivity index (χ2n) is 4.43. The average Bonchev–Trinajstić information content (AvgIpc) is 3.04. The van der Waals surface area contributed by atoms with Gasteiger partial charge >= 0.3 is 5.97 Å². The SMILES string of the molecule is COC1CN(C(=O)C2CC(C(=O)O)=NO2)CC1OC. The predicted octanol–water partition coefficient (Wildman–Crippen LogP) is -0.912. The van der Waals surface area contributed by atoms with Crippen LogP contribution in [-0.2, 0) is 23.9 Å². The van der Waals surface area contributed by atoms with Crippen molar-refractivity contribution >= 4 is 17.6 Å². The number of carboxylic acid groups (broad SMARTS) is 1. The number of hydrogen-bond acceptors (Lipinski definition) is 6. The highest BCUT2D eigenvalue weighted by Gasteiger charge is 2.41. The van der Waals surface area contributed by atoms with Crippen molar-refractivity contribution < 1.29 is 29.0 Å². The van der Waals surface area contributed by atoms with E-state index in [0.29, 0.717) is 13.1 Å². The minimum atomic E-state index is -1.17. The number of carboxylic acids is 1. The van der Waals surface area contributed by atoms with Crippen LogP contribution in [0.5, 0.6) is 0 Å². The number of oxime groups is 1. The molecule has 0 saturated carbocycles. The second kappa shape index (κ2) is 5.54. The van der Waals surface area contributed by atoms with Crippen LogP contribution < -0.4 is 0 Å². The lowest BCUT2D eigenvalue weighted by Crippen LogP contribution is -2.39. The Morgan fingerprint density at radius 3 is 2.32 bits per heavy atom. The first-order chi connectivity index (χ1) is 9.06. The van der Waals surface area contributed by atoms with Gasteiger partial charge in [0, 0.05) is 33.7 Å². The van der Waals surface area contributed by atoms with Gasteiger partial charge in [0.05, 0.1) is 0 Å². The van der Waals surface area contributed by atoms with Gasteiger partial charge in [0.1, 0.15) is 12.2 Å². The van der Waals surface area contributed by atoms with Gasteiger partial charge in [-0.05, 0) is 0 Å². The first-order valence-electron chi connectivity index (χ1n) is 5.87. The zero-order chi connectivity index (χ0) is 14.0. The molecule has 2 aliphatic heterocycles. The Morgan fingerprint density at radius 1 is 1.32 bits per heavy atom. The summed E-state index contributed by atoms with van der Waals surface area (Å²) in [6.07, 6.45) is -1.25. The van der Waals surface area contributed by atoms with Crippen LogP contribution in [0.4, 0.5) is 0 Å². The molecule has 3 atom stereocenters. The van der Waals surface area contributed by atoms with Crippen molar-refractivity contribution in [3.63, 3.8) is 0 Å². The third-order valence-corrected chi connectivity index (χ3v) is 3.32. The molecule has 1 N–H and O–H groups in total. The maximum Gasteiger partial charge on any atom is 0.353 e. The number of carbonyl (C=O) groups is 2. The topological polar surface area (TPSA) is 97.7 Å². The number of methoxy groups -OCH3 is 2. The summed E-state index contributed by atoms with van der Waals surface area (Å²) in [5.41, 5.74) is -0.135. The van der Waals surface area contributed by atoms with Crippen LogP contribution in [0.3, 0.4) is 0 Å². The van der Waals surface area contributed by atoms with Crippen molar-refractivity contribution in [2.24, 2.45) is 5.16 Å². The van der Waals surface area contributed by atoms with E-state index < -0.39 is 12.1 Å². The molecule has 2 rings (SSSR count). The Balaban J connectivity index is 1.94. The zero-order valence-electron chi connectivity index (χ0n) is 10.7. The molecule has 2 heterocycles. The highest BCUT2D eigenvalue weighted by Crippen LogP contribution is 2.20. The third-order valence-electron chi connectivity index (χ3n) is 3.32. The standard InChI is InChI=1S/C11H16N2O6/c1-17-8-4-13(5-9(8)18-2)10(14)7-3-6(11(15)16)12-19-7/h7-9H,3-5H2,1-2H3,(H,15,16). The van der Waals surface area contributed by atoms with Crippen LogP contribution in [0, 0.1) is 0 Å². The van der Waals surface area contributed by atoms with Crippen LogP contribution in [0.2, 0.25) is 0 Å². The van der Waals surface area contributed by atoms with Crippen LogP contribution in [0.25, 0.3) is 0 Å². The molecule has 0 aromatic heterocycles. The van der Waals surface area contributed by atoms with Gasteiger partial charge in [-0.3, -0.25) is 4.79 Å². The Kier molecular flexibility index (Phi) is 4.01. The van der Waals surface area contributed by atoms with E-state index in [1.165, 1.54) is 0 Å². The van der Waals surface area contributed by atoms with Crippen molar-refractivity contribution in [3.8, 4) is 0 Å². The monoisotopic (exact) mass is 272 g/mol. The molecule has 8 heteroatoms. The molecule has 0 spiro atoms. The minimum Gasteiger partial charge on any atom is -0.477 e. The number of aliphatic carboxylic acids is 1. The summed E-state index contributed by atoms with van der Waals surface area (Å²) in [5.74, 6) is -1.46. The number of rotatable bonds is 4. The van der Waals surface area contributed by atoms with Gasteiger partial charge < -0.3 is 24.3 Å². The fraction of sp³-hybridized carbons (Fsp3) is 0.727. The van der Waals surface area contributed by atoms with E-state index in [1.54, 1.807) is 19.1 Å². The van der Waals surface area contributed by atoms with Gasteiger partial charge in [0.15, 0.2) is 5.71 Å². The Bertz CT molecular complexity index is 398. The highest BCUT2D eigenvalue weighted by molar-refractivity contribution is 6.36. The number of amides is 1. The molecule has 0 bridgehead atoms. The molecule has 2 aliphatic rings. The number of ether oxygens (including phenoxy) is 2. The molecule has 1 saturated heterocycles. The van der Waals surface area contributed by atoms with Crippen molar-refractivity contribution in [2.45, 2.75) is 24.7 Å². The summed E-state index contributed by atoms with van der Waals surface area (Å²) in [4.78, 5) is 29.3. The lowest BCUT2D eigenvalue weighted by molar-refractivity contribution is -0.141. The quantitative estimate of drug-likeness (QED) is 0.711. The summed E-state index contributed by atoms with van der Waals surface area (Å²) in [5, 5.41) is 12.2. The Hall–Kier alpha value is -1.67. The Morgan fingerprint density at radius 2 is 1.89 bits per heavy atom. The molecular weight excluding hydrogens is 256 g/mol. The minimum absolute atomic E-state index is 0.0139. The molecule has 1 fully saturated rings. The van der Waals surface area contributed by atoms with Crippen molar-refractivity contribution in [2.75, 3.05) is 27.3 Å². The van der Waals surface area contributed by atoms with Crippen LogP contribution in [0.15, 0.2) is 5.16 Å². The summed E-state index contributed by atoms with van der Waals surface area (Å²) in [6, 6.07) is 0. The maximum atomic E-state index is 12.2. The molecule has 19 heavy (non-hydrogen) atoms. The Labute approximate surface area is 109 Å². The second-order valence-corrected chi connectivity index (χ2v) is 4.43. The van der Waals surface area contributed by atoms with E-state index in [-0.39, 0.29) is 30.2 Å². The molecule has 0 aromatic rings. The van der Waals surface area contributed by atoms with Gasteiger partial charge in [-0.15, -0.1) is 0 Å². The highest BCUT2D eigenvalue weighted by atomic mass is 16.6. The fourth-order valence-electron chi connectivity index (χ4n) is 2.22. The molecule has 3 unspecified atom stereocenters. The zero-order valence-corrected chi connectivity index (χ0v) is 10.7. The molecular formula is C11H16N2O6. The molecule has 0 aromatic carbocycles. The number of nitrogens with zero attached hydrogens (tertiary/aromatic N) is 2. The lowest BCUT2D eigenvalue weighted by Gasteiger charge is -2.18. The van der Waals surface area contributed by atoms with Gasteiger partial charge in [-0.25, -0.2) is 4.79 Å². The van der Waals surface area contributed by atoms with E-state index in [9.17, 15) is 9.59 Å². The van der Waals surface area contributed by atoms with E-state index >= 15 is 0 Å². The first kappa shape index (κ1) is 13.8. The third kappa shape index (κ3) is 2.69. The molecule has 8 nitrogen and oxygen atoms in total. The normalized spacial score (nSPS) is 30.1. The largest absolute Gasteiger partial charge is 0.477 e. The smallest absolute Gasteiger partial charge is 0.353 e. The first-order valence-corrected chi connectivity index (χ1v) is 5.87. The summed E-state index contributed by atoms with van der Waals surface area (Å²) in [7, 11) is 3.12. The van der Waals surface area contributed by atoms with E-state index in [4.69, 9.17) is 19.4 Å². The number of carbonyl (C=O) groups excluding carboxylic acids is 1. The number of hydrogen-bond donors (Lipinski definition) is 1. The number of likely N-dealkylation sites (tertiary alicyclic amines) is 1. The van der Waals surface area contributed by atoms with Crippen molar-refractivity contribution in [3.05, 3.63) is 0 Å². The average molecular weight is 272 g/mol. The van der Waals surface area contributed by atoms with Crippen LogP contribution >= 0.6 is 0 Å². The molecule has 106 valence electrons. The molecule has 0 radical (unpaired) electrons. The summed E-state index contributed by atoms with van der Waals surface area (Å²) in [6.45, 7) is 0.798. The van der Waals surface area contributed by atoms with Crippen LogP contribution in [-0.4, -0.2) is 73.2 Å². The van der Waals surface area contributed by atoms with Crippen LogP contribution in [0.1, 0.15) is 6.42 Å². The van der Waals surface area contributed by atoms with Crippen molar-refractivity contribution in [1.82, 2.24) is 4.90 Å². The fourth-order valence-corrected chi connectivity index (χ4v) is 2.22. The van der Waals surface area contributed by atoms with Crippen molar-refractivity contribution in [1.29, 1.82) is 0 Å². The molecule has 1 amide bonds. The summed E-state index contributed by atoms with van der Waals surface area (Å²) < 4.78 is 10.5. The predicted molar refractivity (Wildman–Crippen MR) is 62.7 cm³/mol. The van der Waals surface area contributed by atoms with Gasteiger partial charge in [-0.2, -0.15) is 0 Å². The summed E-state index contributed by atoms with van der Waals surface area (Å²) >= 11 is 0. The lowest BCUT2D eigenvalue weighted by atomic mass is 10.1. The van der Waals surface area contributed by atoms with E-state index in [2.05, 4.69) is 5.16 Å². The van der Waals surface area contributed by atoms with Gasteiger partial charge in [0.25, 0.3) is 5.91 Å². The van der Waals surface area contributed by atoms with E-state index in [1.807, 2.05) is 0 Å². The van der Waals surface area contributed by atoms with Gasteiger partial charge in [0.2, 0.25) is 6.10 Å².